The Morgan fingerprint density at radius 1 is 1.04 bits per heavy atom. The third-order valence-corrected chi connectivity index (χ3v) is 3.81. The summed E-state index contributed by atoms with van der Waals surface area (Å²) in [4.78, 5) is 12.5. The fraction of sp³-hybridized carbons (Fsp3) is 0.381. The van der Waals surface area contributed by atoms with Crippen molar-refractivity contribution in [2.45, 2.75) is 46.8 Å². The molecular formula is C21H27NO3. The van der Waals surface area contributed by atoms with Crippen LogP contribution in [-0.4, -0.2) is 18.6 Å². The van der Waals surface area contributed by atoms with E-state index in [2.05, 4.69) is 11.4 Å². The molecule has 0 unspecified atom stereocenters. The van der Waals surface area contributed by atoms with Gasteiger partial charge in [-0.25, -0.2) is 0 Å². The molecule has 0 heterocycles. The molecule has 0 aromatic heterocycles. The third kappa shape index (κ3) is 5.82. The average Bonchev–Trinajstić information content (AvgIpc) is 2.57. The molecule has 0 bridgehead atoms. The number of carbonyl (C=O) groups excluding carboxylic acids is 1. The molecule has 2 rings (SSSR count). The predicted molar refractivity (Wildman–Crippen MR) is 100 cm³/mol. The van der Waals surface area contributed by atoms with Crippen LogP contribution >= 0.6 is 0 Å². The van der Waals surface area contributed by atoms with Crippen molar-refractivity contribution in [3.8, 4) is 11.5 Å². The minimum atomic E-state index is -0.503. The minimum absolute atomic E-state index is 0.108. The Kier molecular flexibility index (Phi) is 6.87. The molecule has 0 spiro atoms. The number of aryl methyl sites for hydroxylation is 2. The van der Waals surface area contributed by atoms with Gasteiger partial charge in [0.2, 0.25) is 0 Å². The van der Waals surface area contributed by atoms with Crippen LogP contribution in [0.4, 0.5) is 0 Å². The highest BCUT2D eigenvalue weighted by Gasteiger charge is 2.18. The van der Waals surface area contributed by atoms with Gasteiger partial charge >= 0.3 is 0 Å². The van der Waals surface area contributed by atoms with Crippen LogP contribution in [0.1, 0.15) is 37.0 Å². The maximum atomic E-state index is 12.5. The number of carbonyl (C=O) groups is 1. The van der Waals surface area contributed by atoms with Crippen molar-refractivity contribution >= 4 is 5.91 Å². The van der Waals surface area contributed by atoms with E-state index in [0.29, 0.717) is 19.6 Å². The Morgan fingerprint density at radius 2 is 1.76 bits per heavy atom. The van der Waals surface area contributed by atoms with E-state index in [4.69, 9.17) is 9.47 Å². The number of amides is 1. The summed E-state index contributed by atoms with van der Waals surface area (Å²) in [6, 6.07) is 13.7. The fourth-order valence-corrected chi connectivity index (χ4v) is 2.70. The second kappa shape index (κ2) is 9.11. The van der Waals surface area contributed by atoms with Crippen molar-refractivity contribution in [1.29, 1.82) is 0 Å². The zero-order valence-corrected chi connectivity index (χ0v) is 15.5. The molecule has 1 amide bonds. The van der Waals surface area contributed by atoms with Crippen molar-refractivity contribution in [2.24, 2.45) is 0 Å². The zero-order chi connectivity index (χ0) is 18.2. The molecule has 4 nitrogen and oxygen atoms in total. The van der Waals surface area contributed by atoms with Crippen LogP contribution in [-0.2, 0) is 11.3 Å². The van der Waals surface area contributed by atoms with Gasteiger partial charge in [0.15, 0.2) is 6.10 Å². The second-order valence-electron chi connectivity index (χ2n) is 6.14. The monoisotopic (exact) mass is 341 g/mol. The van der Waals surface area contributed by atoms with Crippen LogP contribution in [0.5, 0.6) is 11.5 Å². The minimum Gasteiger partial charge on any atom is -0.494 e. The zero-order valence-electron chi connectivity index (χ0n) is 15.5. The molecule has 0 saturated heterocycles. The van der Waals surface area contributed by atoms with E-state index >= 15 is 0 Å². The molecule has 1 atom stereocenters. The average molecular weight is 341 g/mol. The number of rotatable bonds is 8. The van der Waals surface area contributed by atoms with Gasteiger partial charge in [-0.2, -0.15) is 0 Å². The van der Waals surface area contributed by atoms with Gasteiger partial charge in [0, 0.05) is 6.54 Å². The van der Waals surface area contributed by atoms with Gasteiger partial charge in [-0.05, 0) is 68.1 Å². The van der Waals surface area contributed by atoms with Crippen molar-refractivity contribution in [3.05, 3.63) is 59.2 Å². The van der Waals surface area contributed by atoms with E-state index in [-0.39, 0.29) is 5.91 Å². The van der Waals surface area contributed by atoms with E-state index in [0.717, 1.165) is 28.2 Å². The lowest BCUT2D eigenvalue weighted by molar-refractivity contribution is -0.128. The highest BCUT2D eigenvalue weighted by Crippen LogP contribution is 2.19. The highest BCUT2D eigenvalue weighted by atomic mass is 16.5. The molecule has 0 aliphatic rings. The molecule has 25 heavy (non-hydrogen) atoms. The molecular weight excluding hydrogens is 314 g/mol. The standard InChI is InChI=1S/C21H27NO3/c1-5-20(25-19-11-15(3)10-16(4)12-19)21(23)22-14-17-8-7-9-18(13-17)24-6-2/h7-13,20H,5-6,14H2,1-4H3,(H,22,23)/t20-/m1/s1. The SMILES string of the molecule is CCOc1cccc(CNC(=O)[C@@H](CC)Oc2cc(C)cc(C)c2)c1. The largest absolute Gasteiger partial charge is 0.494 e. The summed E-state index contributed by atoms with van der Waals surface area (Å²) in [6.45, 7) is 9.01. The molecule has 1 N–H and O–H groups in total. The number of hydrogen-bond donors (Lipinski definition) is 1. The number of ether oxygens (including phenoxy) is 2. The van der Waals surface area contributed by atoms with Crippen molar-refractivity contribution in [3.63, 3.8) is 0 Å². The van der Waals surface area contributed by atoms with Crippen LogP contribution in [0.15, 0.2) is 42.5 Å². The maximum Gasteiger partial charge on any atom is 0.261 e. The number of hydrogen-bond acceptors (Lipinski definition) is 3. The van der Waals surface area contributed by atoms with Gasteiger partial charge in [0.05, 0.1) is 6.61 Å². The van der Waals surface area contributed by atoms with E-state index in [9.17, 15) is 4.79 Å². The smallest absolute Gasteiger partial charge is 0.261 e. The first-order valence-electron chi connectivity index (χ1n) is 8.76. The van der Waals surface area contributed by atoms with Crippen LogP contribution in [0, 0.1) is 13.8 Å². The predicted octanol–water partition coefficient (Wildman–Crippen LogP) is 4.18. The normalized spacial score (nSPS) is 11.7. The molecule has 134 valence electrons. The third-order valence-electron chi connectivity index (χ3n) is 3.81. The molecule has 4 heteroatoms. The summed E-state index contributed by atoms with van der Waals surface area (Å²) in [5.41, 5.74) is 3.25. The lowest BCUT2D eigenvalue weighted by Gasteiger charge is -2.18. The first kappa shape index (κ1) is 18.8. The summed E-state index contributed by atoms with van der Waals surface area (Å²) in [5, 5.41) is 2.95. The summed E-state index contributed by atoms with van der Waals surface area (Å²) in [7, 11) is 0. The molecule has 0 aliphatic heterocycles. The molecule has 0 aliphatic carbocycles. The van der Waals surface area contributed by atoms with Gasteiger partial charge < -0.3 is 14.8 Å². The van der Waals surface area contributed by atoms with Crippen molar-refractivity contribution < 1.29 is 14.3 Å². The van der Waals surface area contributed by atoms with E-state index in [1.165, 1.54) is 0 Å². The Balaban J connectivity index is 1.96. The van der Waals surface area contributed by atoms with Crippen LogP contribution < -0.4 is 14.8 Å². The van der Waals surface area contributed by atoms with Gasteiger partial charge in [-0.15, -0.1) is 0 Å². The Hall–Kier alpha value is -2.49. The van der Waals surface area contributed by atoms with E-state index < -0.39 is 6.10 Å². The molecule has 2 aromatic rings. The summed E-state index contributed by atoms with van der Waals surface area (Å²) >= 11 is 0. The van der Waals surface area contributed by atoms with Crippen molar-refractivity contribution in [1.82, 2.24) is 5.32 Å². The Labute approximate surface area is 150 Å². The molecule has 0 radical (unpaired) electrons. The van der Waals surface area contributed by atoms with Gasteiger partial charge in [0.1, 0.15) is 11.5 Å². The van der Waals surface area contributed by atoms with Gasteiger partial charge in [-0.1, -0.05) is 25.1 Å². The summed E-state index contributed by atoms with van der Waals surface area (Å²) in [6.07, 6.45) is 0.105. The Morgan fingerprint density at radius 3 is 2.40 bits per heavy atom. The van der Waals surface area contributed by atoms with Gasteiger partial charge in [0.25, 0.3) is 5.91 Å². The lowest BCUT2D eigenvalue weighted by atomic mass is 10.1. The first-order chi connectivity index (χ1) is 12.0. The molecule has 2 aromatic carbocycles. The fourth-order valence-electron chi connectivity index (χ4n) is 2.70. The first-order valence-corrected chi connectivity index (χ1v) is 8.76. The van der Waals surface area contributed by atoms with Crippen LogP contribution in [0.2, 0.25) is 0 Å². The van der Waals surface area contributed by atoms with Gasteiger partial charge in [-0.3, -0.25) is 4.79 Å². The highest BCUT2D eigenvalue weighted by molar-refractivity contribution is 5.81. The number of nitrogens with one attached hydrogen (secondary N) is 1. The van der Waals surface area contributed by atoms with Crippen LogP contribution in [0.3, 0.4) is 0 Å². The maximum absolute atomic E-state index is 12.5. The number of benzene rings is 2. The van der Waals surface area contributed by atoms with E-state index in [1.54, 1.807) is 0 Å². The van der Waals surface area contributed by atoms with Crippen molar-refractivity contribution in [2.75, 3.05) is 6.61 Å². The molecule has 0 fully saturated rings. The molecule has 0 saturated carbocycles. The van der Waals surface area contributed by atoms with Crippen LogP contribution in [0.25, 0.3) is 0 Å². The quantitative estimate of drug-likeness (QED) is 0.784. The summed E-state index contributed by atoms with van der Waals surface area (Å²) < 4.78 is 11.4. The lowest BCUT2D eigenvalue weighted by Crippen LogP contribution is -2.37. The Bertz CT molecular complexity index is 692. The summed E-state index contributed by atoms with van der Waals surface area (Å²) in [5.74, 6) is 1.44. The van der Waals surface area contributed by atoms with E-state index in [1.807, 2.05) is 64.1 Å². The second-order valence-corrected chi connectivity index (χ2v) is 6.14. The topological polar surface area (TPSA) is 47.6 Å².